The Hall–Kier alpha value is -3.40. The summed E-state index contributed by atoms with van der Waals surface area (Å²) in [7, 11) is 3.12. The molecule has 0 saturated carbocycles. The molecule has 0 unspecified atom stereocenters. The summed E-state index contributed by atoms with van der Waals surface area (Å²) in [5, 5.41) is 0. The number of hydrogen-bond acceptors (Lipinski definition) is 4. The van der Waals surface area contributed by atoms with Gasteiger partial charge in [0.2, 0.25) is 0 Å². The fraction of sp³-hybridized carbons (Fsp3) is 0.811. The van der Waals surface area contributed by atoms with Gasteiger partial charge in [-0.05, 0) is 217 Å². The molecule has 630 valence electrons. The first kappa shape index (κ1) is 97.2. The highest BCUT2D eigenvalue weighted by Crippen LogP contribution is 2.48. The van der Waals surface area contributed by atoms with Crippen LogP contribution in [0.25, 0.3) is 0 Å². The van der Waals surface area contributed by atoms with Crippen molar-refractivity contribution in [3.63, 3.8) is 0 Å². The molecule has 0 fully saturated rings. The van der Waals surface area contributed by atoms with Crippen LogP contribution in [0.3, 0.4) is 0 Å². The number of carbonyl (C=O) groups excluding carboxylic acids is 2. The van der Waals surface area contributed by atoms with Gasteiger partial charge in [-0.2, -0.15) is 0 Å². The lowest BCUT2D eigenvalue weighted by Crippen LogP contribution is -2.27. The molecule has 0 atom stereocenters. The summed E-state index contributed by atoms with van der Waals surface area (Å²) in [6.07, 6.45) is 97.6. The van der Waals surface area contributed by atoms with E-state index in [0.29, 0.717) is 11.1 Å². The number of rotatable bonds is 74. The van der Waals surface area contributed by atoms with E-state index in [1.807, 2.05) is 33.4 Å². The van der Waals surface area contributed by atoms with E-state index < -0.39 is 0 Å². The fourth-order valence-corrected chi connectivity index (χ4v) is 20.1. The summed E-state index contributed by atoms with van der Waals surface area (Å²) >= 11 is 0. The maximum absolute atomic E-state index is 15.1. The summed E-state index contributed by atoms with van der Waals surface area (Å²) < 4.78 is 11.9. The summed E-state index contributed by atoms with van der Waals surface area (Å²) in [6, 6.07) is 0. The molecule has 0 heterocycles. The van der Waals surface area contributed by atoms with E-state index in [1.165, 1.54) is 422 Å². The van der Waals surface area contributed by atoms with Gasteiger partial charge in [-0.25, -0.2) is 9.59 Å². The van der Waals surface area contributed by atoms with Crippen LogP contribution >= 0.6 is 0 Å². The SMILES string of the molecule is CCCCCCCCCCc1c(CCCCCCCCCC)c(CCCCCCCCCC)c2c(c1CCCCCCCCCC)Cc1c(CCCCCCCCCC)c3c(c(CCCCCCCCCC)c1C2)Cc1c(c(CCCCCCCCCC)c(C(=O)OC)c(C(=O)OC)c1CCCCCCCCCC)C3. The largest absolute Gasteiger partial charge is 0.465 e. The molecular formula is C106H182O4. The number of unbranched alkanes of at least 4 members (excludes halogenated alkanes) is 56. The average molecular weight is 1520 g/mol. The lowest BCUT2D eigenvalue weighted by atomic mass is 9.67. The van der Waals surface area contributed by atoms with Crippen molar-refractivity contribution in [1.82, 2.24) is 0 Å². The maximum Gasteiger partial charge on any atom is 0.339 e. The Bertz CT molecular complexity index is 2660. The van der Waals surface area contributed by atoms with Crippen molar-refractivity contribution >= 4 is 11.9 Å². The Morgan fingerprint density at radius 2 is 0.300 bits per heavy atom. The predicted octanol–water partition coefficient (Wildman–Crippen LogP) is 33.7. The Balaban J connectivity index is 1.90. The molecular weight excluding hydrogens is 1340 g/mol. The Labute approximate surface area is 684 Å². The number of methoxy groups -OCH3 is 2. The number of carbonyl (C=O) groups is 2. The molecule has 0 aromatic heterocycles. The van der Waals surface area contributed by atoms with Gasteiger partial charge in [0.25, 0.3) is 0 Å². The molecule has 110 heavy (non-hydrogen) atoms. The molecule has 0 bridgehead atoms. The summed E-state index contributed by atoms with van der Waals surface area (Å²) in [5.41, 5.74) is 27.3. The van der Waals surface area contributed by atoms with Crippen LogP contribution < -0.4 is 0 Å². The fourth-order valence-electron chi connectivity index (χ4n) is 20.1. The van der Waals surface area contributed by atoms with E-state index >= 15 is 9.59 Å². The van der Waals surface area contributed by atoms with Gasteiger partial charge in [-0.15, -0.1) is 0 Å². The van der Waals surface area contributed by atoms with E-state index in [1.54, 1.807) is 47.6 Å². The first-order valence-corrected chi connectivity index (χ1v) is 49.9. The molecule has 0 N–H and O–H groups in total. The number of benzene rings is 3. The normalized spacial score (nSPS) is 12.5. The molecule has 2 aliphatic rings. The lowest BCUT2D eigenvalue weighted by Gasteiger charge is -2.37. The lowest BCUT2D eigenvalue weighted by molar-refractivity contribution is 0.0552. The maximum atomic E-state index is 15.1. The molecule has 0 spiro atoms. The van der Waals surface area contributed by atoms with Crippen molar-refractivity contribution < 1.29 is 19.1 Å². The molecule has 2 aliphatic carbocycles. The third-order valence-corrected chi connectivity index (χ3v) is 26.8. The van der Waals surface area contributed by atoms with E-state index in [4.69, 9.17) is 9.47 Å². The van der Waals surface area contributed by atoms with Crippen molar-refractivity contribution in [1.29, 1.82) is 0 Å². The Morgan fingerprint density at radius 1 is 0.173 bits per heavy atom. The van der Waals surface area contributed by atoms with Crippen LogP contribution in [0, 0.1) is 0 Å². The van der Waals surface area contributed by atoms with E-state index in [2.05, 4.69) is 55.4 Å². The smallest absolute Gasteiger partial charge is 0.339 e. The number of hydrogen-bond donors (Lipinski definition) is 0. The summed E-state index contributed by atoms with van der Waals surface area (Å²) in [4.78, 5) is 30.3. The molecule has 4 heteroatoms. The quantitative estimate of drug-likeness (QED) is 0.0288. The van der Waals surface area contributed by atoms with Crippen molar-refractivity contribution in [2.24, 2.45) is 0 Å². The van der Waals surface area contributed by atoms with E-state index in [0.717, 1.165) is 88.2 Å². The second kappa shape index (κ2) is 63.8. The van der Waals surface area contributed by atoms with Gasteiger partial charge in [0, 0.05) is 0 Å². The van der Waals surface area contributed by atoms with Crippen molar-refractivity contribution in [3.8, 4) is 0 Å². The van der Waals surface area contributed by atoms with Gasteiger partial charge in [0.1, 0.15) is 0 Å². The monoisotopic (exact) mass is 1520 g/mol. The van der Waals surface area contributed by atoms with Gasteiger partial charge in [-0.1, -0.05) is 415 Å². The number of ether oxygens (including phenoxy) is 2. The zero-order valence-electron chi connectivity index (χ0n) is 75.4. The van der Waals surface area contributed by atoms with E-state index in [-0.39, 0.29) is 11.9 Å². The van der Waals surface area contributed by atoms with Crippen LogP contribution in [0.1, 0.15) is 576 Å². The first-order valence-electron chi connectivity index (χ1n) is 49.9. The third kappa shape index (κ3) is 36.0. The molecule has 3 aromatic carbocycles. The highest BCUT2D eigenvalue weighted by atomic mass is 16.5. The minimum absolute atomic E-state index is 0.348. The van der Waals surface area contributed by atoms with Crippen LogP contribution in [0.4, 0.5) is 0 Å². The molecule has 3 aromatic rings. The molecule has 4 nitrogen and oxygen atoms in total. The third-order valence-electron chi connectivity index (χ3n) is 26.8. The molecule has 0 amide bonds. The van der Waals surface area contributed by atoms with Crippen molar-refractivity contribution in [3.05, 3.63) is 100 Å². The number of esters is 2. The zero-order chi connectivity index (χ0) is 78.7. The van der Waals surface area contributed by atoms with Crippen LogP contribution in [0.2, 0.25) is 0 Å². The molecule has 0 aliphatic heterocycles. The van der Waals surface area contributed by atoms with Crippen molar-refractivity contribution in [2.75, 3.05) is 14.2 Å². The first-order chi connectivity index (χ1) is 54.2. The second-order valence-corrected chi connectivity index (χ2v) is 35.9. The minimum Gasteiger partial charge on any atom is -0.465 e. The van der Waals surface area contributed by atoms with Gasteiger partial charge in [0.15, 0.2) is 0 Å². The van der Waals surface area contributed by atoms with Crippen LogP contribution in [0.5, 0.6) is 0 Å². The zero-order valence-corrected chi connectivity index (χ0v) is 75.4. The highest BCUT2D eigenvalue weighted by Gasteiger charge is 2.38. The topological polar surface area (TPSA) is 52.6 Å². The van der Waals surface area contributed by atoms with Crippen LogP contribution in [0.15, 0.2) is 0 Å². The van der Waals surface area contributed by atoms with Crippen LogP contribution in [-0.2, 0) is 86.5 Å². The summed E-state index contributed by atoms with van der Waals surface area (Å²) in [6.45, 7) is 18.8. The van der Waals surface area contributed by atoms with Gasteiger partial charge < -0.3 is 9.47 Å². The molecule has 0 saturated heterocycles. The van der Waals surface area contributed by atoms with Gasteiger partial charge in [0.05, 0.1) is 25.3 Å². The Kier molecular flexibility index (Phi) is 56.3. The minimum atomic E-state index is -0.348. The van der Waals surface area contributed by atoms with E-state index in [9.17, 15) is 0 Å². The summed E-state index contributed by atoms with van der Waals surface area (Å²) in [5.74, 6) is -0.697. The number of fused-ring (bicyclic) bond motifs is 4. The average Bonchev–Trinajstić information content (AvgIpc) is 0.712. The standard InChI is InChI=1S/C106H182O4/c1-11-19-27-35-43-51-59-67-75-87-88(76-68-60-52-44-36-28-20-12-2)90(78-70-62-54-46-38-30-22-14-4)96-84-98-92(80-72-64-56-48-40-32-24-16-6)100-86-102-94(82-74-66-58-50-42-34-26-18-8)104(106(108)110-10)103(105(107)109-9)93(81-73-65-57-49-41-33-25-17-7)101(102)85-99(100)91(79-71-63-55-47-39-31-23-15-5)97(98)83-95(96)89(87)77-69-61-53-45-37-29-21-13-3/h11-86H2,1-10H3. The second-order valence-electron chi connectivity index (χ2n) is 35.9. The van der Waals surface area contributed by atoms with Crippen LogP contribution in [-0.4, -0.2) is 26.2 Å². The van der Waals surface area contributed by atoms with Crippen molar-refractivity contribution in [2.45, 2.75) is 543 Å². The Morgan fingerprint density at radius 3 is 0.473 bits per heavy atom. The molecule has 0 radical (unpaired) electrons. The molecule has 5 rings (SSSR count). The predicted molar refractivity (Wildman–Crippen MR) is 484 cm³/mol. The highest BCUT2D eigenvalue weighted by molar-refractivity contribution is 6.06. The van der Waals surface area contributed by atoms with Gasteiger partial charge >= 0.3 is 11.9 Å². The van der Waals surface area contributed by atoms with Gasteiger partial charge in [-0.3, -0.25) is 0 Å².